The molecule has 0 aromatic carbocycles. The molecule has 0 fully saturated rings. The monoisotopic (exact) mass is 270 g/mol. The van der Waals surface area contributed by atoms with Crippen LogP contribution in [0.4, 0.5) is 0 Å². The second kappa shape index (κ2) is 15.4. The number of allylic oxidation sites excluding steroid dienone is 1. The smallest absolute Gasteiger partial charge is 0.130 e. The van der Waals surface area contributed by atoms with Crippen LogP contribution in [0.2, 0.25) is 0 Å². The minimum atomic E-state index is 0.747. The van der Waals surface area contributed by atoms with E-state index in [-0.39, 0.29) is 0 Å². The number of aliphatic hydroxyl groups is 1. The number of hydrogen-bond donors (Lipinski definition) is 1. The van der Waals surface area contributed by atoms with Crippen LogP contribution in [0, 0.1) is 0 Å². The lowest BCUT2D eigenvalue weighted by atomic mass is 10.1. The highest BCUT2D eigenvalue weighted by atomic mass is 16.5. The van der Waals surface area contributed by atoms with Gasteiger partial charge in [0.15, 0.2) is 0 Å². The summed E-state index contributed by atoms with van der Waals surface area (Å²) in [5, 5.41) is 9.10. The first-order valence-electron chi connectivity index (χ1n) is 8.31. The zero-order valence-corrected chi connectivity index (χ0v) is 13.1. The number of hydrogen-bond acceptors (Lipinski definition) is 2. The molecule has 0 amide bonds. The summed E-state index contributed by atoms with van der Waals surface area (Å²) < 4.78 is 5.56. The van der Waals surface area contributed by atoms with E-state index >= 15 is 0 Å². The van der Waals surface area contributed by atoms with Gasteiger partial charge in [-0.15, -0.1) is 0 Å². The summed E-state index contributed by atoms with van der Waals surface area (Å²) in [6, 6.07) is 0. The van der Waals surface area contributed by atoms with E-state index in [0.29, 0.717) is 0 Å². The Morgan fingerprint density at radius 1 is 0.789 bits per heavy atom. The Morgan fingerprint density at radius 3 is 1.89 bits per heavy atom. The van der Waals surface area contributed by atoms with Gasteiger partial charge in [0.05, 0.1) is 6.61 Å². The molecule has 0 radical (unpaired) electrons. The van der Waals surface area contributed by atoms with Crippen LogP contribution in [0.3, 0.4) is 0 Å². The Bertz CT molecular complexity index is 199. The Morgan fingerprint density at radius 2 is 1.32 bits per heavy atom. The second-order valence-corrected chi connectivity index (χ2v) is 5.38. The first-order chi connectivity index (χ1) is 9.35. The quantitative estimate of drug-likeness (QED) is 0.304. The van der Waals surface area contributed by atoms with Crippen molar-refractivity contribution < 1.29 is 9.84 Å². The van der Waals surface area contributed by atoms with Gasteiger partial charge in [-0.3, -0.25) is 0 Å². The van der Waals surface area contributed by atoms with E-state index in [2.05, 4.69) is 13.8 Å². The molecular formula is C17H34O2. The van der Waals surface area contributed by atoms with Crippen LogP contribution in [0.15, 0.2) is 12.0 Å². The van der Waals surface area contributed by atoms with E-state index in [4.69, 9.17) is 9.84 Å². The maximum Gasteiger partial charge on any atom is 0.130 e. The number of unbranched alkanes of at least 4 members (excludes halogenated alkanes) is 9. The predicted octanol–water partition coefficient (Wildman–Crippen LogP) is 6.12. The van der Waals surface area contributed by atoms with Crippen molar-refractivity contribution in [1.82, 2.24) is 0 Å². The molecule has 0 aromatic heterocycles. The van der Waals surface area contributed by atoms with Crippen molar-refractivity contribution in [3.63, 3.8) is 0 Å². The van der Waals surface area contributed by atoms with Crippen LogP contribution < -0.4 is 0 Å². The van der Waals surface area contributed by atoms with Gasteiger partial charge in [-0.25, -0.2) is 0 Å². The molecule has 2 nitrogen and oxygen atoms in total. The van der Waals surface area contributed by atoms with Crippen molar-refractivity contribution in [3.8, 4) is 0 Å². The van der Waals surface area contributed by atoms with Gasteiger partial charge in [0.25, 0.3) is 0 Å². The average molecular weight is 270 g/mol. The number of ether oxygens (including phenoxy) is 1. The van der Waals surface area contributed by atoms with Crippen molar-refractivity contribution in [2.45, 2.75) is 90.9 Å². The molecule has 0 saturated carbocycles. The van der Waals surface area contributed by atoms with E-state index in [1.54, 1.807) is 0 Å². The summed E-state index contributed by atoms with van der Waals surface area (Å²) in [6.07, 6.45) is 16.1. The fraction of sp³-hybridized carbons (Fsp3) is 0.882. The van der Waals surface area contributed by atoms with Crippen molar-refractivity contribution in [2.75, 3.05) is 6.61 Å². The molecule has 114 valence electrons. The molecule has 0 saturated heterocycles. The fourth-order valence-corrected chi connectivity index (χ4v) is 2.16. The highest BCUT2D eigenvalue weighted by Gasteiger charge is 1.99. The molecule has 0 atom stereocenters. The van der Waals surface area contributed by atoms with Crippen LogP contribution >= 0.6 is 0 Å². The predicted molar refractivity (Wildman–Crippen MR) is 83.4 cm³/mol. The largest absolute Gasteiger partial charge is 0.512 e. The van der Waals surface area contributed by atoms with Gasteiger partial charge >= 0.3 is 0 Å². The lowest BCUT2D eigenvalue weighted by molar-refractivity contribution is 0.183. The van der Waals surface area contributed by atoms with Crippen LogP contribution in [-0.2, 0) is 4.74 Å². The highest BCUT2D eigenvalue weighted by molar-refractivity contribution is 4.86. The molecule has 0 bridgehead atoms. The molecule has 0 rings (SSSR count). The number of rotatable bonds is 14. The van der Waals surface area contributed by atoms with Crippen LogP contribution in [-0.4, -0.2) is 11.7 Å². The standard InChI is InChI=1S/C17H34O2/c1-3-5-7-8-9-10-11-12-14-17(16-18)19-15-13-6-4-2/h16,18H,3-15H2,1-2H3/b17-16-. The molecule has 0 spiro atoms. The maximum absolute atomic E-state index is 9.10. The molecule has 0 heterocycles. The zero-order valence-electron chi connectivity index (χ0n) is 13.1. The van der Waals surface area contributed by atoms with Crippen molar-refractivity contribution in [2.24, 2.45) is 0 Å². The average Bonchev–Trinajstić information content (AvgIpc) is 2.44. The van der Waals surface area contributed by atoms with Gasteiger partial charge in [-0.1, -0.05) is 71.6 Å². The summed E-state index contributed by atoms with van der Waals surface area (Å²) in [4.78, 5) is 0. The Balaban J connectivity index is 3.32. The van der Waals surface area contributed by atoms with Gasteiger partial charge in [-0.2, -0.15) is 0 Å². The number of aliphatic hydroxyl groups excluding tert-OH is 1. The first-order valence-corrected chi connectivity index (χ1v) is 8.31. The SMILES string of the molecule is CCCCCCCCCC/C(=C/O)OCCCCC. The molecule has 0 unspecified atom stereocenters. The van der Waals surface area contributed by atoms with Crippen LogP contribution in [0.1, 0.15) is 90.9 Å². The van der Waals surface area contributed by atoms with Gasteiger partial charge in [0, 0.05) is 6.42 Å². The Labute approximate surface area is 120 Å². The highest BCUT2D eigenvalue weighted by Crippen LogP contribution is 2.14. The van der Waals surface area contributed by atoms with Crippen LogP contribution in [0.25, 0.3) is 0 Å². The topological polar surface area (TPSA) is 29.5 Å². The third-order valence-electron chi connectivity index (χ3n) is 3.46. The minimum absolute atomic E-state index is 0.747. The second-order valence-electron chi connectivity index (χ2n) is 5.38. The summed E-state index contributed by atoms with van der Waals surface area (Å²) >= 11 is 0. The molecule has 1 N–H and O–H groups in total. The Kier molecular flexibility index (Phi) is 14.9. The lowest BCUT2D eigenvalue weighted by Gasteiger charge is -2.09. The summed E-state index contributed by atoms with van der Waals surface area (Å²) in [5.41, 5.74) is 0. The third kappa shape index (κ3) is 13.6. The van der Waals surface area contributed by atoms with E-state index in [9.17, 15) is 0 Å². The third-order valence-corrected chi connectivity index (χ3v) is 3.46. The molecular weight excluding hydrogens is 236 g/mol. The van der Waals surface area contributed by atoms with E-state index in [1.807, 2.05) is 0 Å². The van der Waals surface area contributed by atoms with Crippen LogP contribution in [0.5, 0.6) is 0 Å². The van der Waals surface area contributed by atoms with Gasteiger partial charge in [0.1, 0.15) is 12.0 Å². The fourth-order valence-electron chi connectivity index (χ4n) is 2.16. The Hall–Kier alpha value is -0.660. The molecule has 2 heteroatoms. The van der Waals surface area contributed by atoms with Crippen molar-refractivity contribution >= 4 is 0 Å². The summed E-state index contributed by atoms with van der Waals surface area (Å²) in [6.45, 7) is 5.18. The first kappa shape index (κ1) is 18.3. The molecule has 0 aliphatic carbocycles. The van der Waals surface area contributed by atoms with Gasteiger partial charge in [0.2, 0.25) is 0 Å². The molecule has 0 aliphatic rings. The molecule has 0 aliphatic heterocycles. The maximum atomic E-state index is 9.10. The zero-order chi connectivity index (χ0) is 14.2. The van der Waals surface area contributed by atoms with E-state index in [1.165, 1.54) is 57.8 Å². The van der Waals surface area contributed by atoms with Gasteiger partial charge in [-0.05, 0) is 12.8 Å². The summed E-state index contributed by atoms with van der Waals surface area (Å²) in [7, 11) is 0. The molecule has 19 heavy (non-hydrogen) atoms. The van der Waals surface area contributed by atoms with Gasteiger partial charge < -0.3 is 9.84 Å². The minimum Gasteiger partial charge on any atom is -0.512 e. The van der Waals surface area contributed by atoms with E-state index < -0.39 is 0 Å². The van der Waals surface area contributed by atoms with Crippen molar-refractivity contribution in [1.29, 1.82) is 0 Å². The molecule has 0 aromatic rings. The van der Waals surface area contributed by atoms with Crippen molar-refractivity contribution in [3.05, 3.63) is 12.0 Å². The van der Waals surface area contributed by atoms with E-state index in [0.717, 1.165) is 37.9 Å². The lowest BCUT2D eigenvalue weighted by Crippen LogP contribution is -1.96. The summed E-state index contributed by atoms with van der Waals surface area (Å²) in [5.74, 6) is 0.766. The normalized spacial score (nSPS) is 11.8.